The third kappa shape index (κ3) is 6.84. The zero-order valence-electron chi connectivity index (χ0n) is 20.7. The molecule has 0 aliphatic carbocycles. The fourth-order valence-corrected chi connectivity index (χ4v) is 4.23. The SMILES string of the molecule is COc1cc(N)c(Cl)cc1C(=O)NCCN1CCC(OCc2cc(OC)c(OC)c(OC)c2)CC1. The van der Waals surface area contributed by atoms with Crippen LogP contribution in [0.2, 0.25) is 5.02 Å². The van der Waals surface area contributed by atoms with Gasteiger partial charge in [0.2, 0.25) is 5.75 Å². The van der Waals surface area contributed by atoms with Crippen molar-refractivity contribution in [3.8, 4) is 23.0 Å². The summed E-state index contributed by atoms with van der Waals surface area (Å²) in [6, 6.07) is 6.90. The van der Waals surface area contributed by atoms with E-state index in [1.54, 1.807) is 27.4 Å². The summed E-state index contributed by atoms with van der Waals surface area (Å²) in [6.45, 7) is 3.51. The molecule has 3 N–H and O–H groups in total. The molecule has 0 aromatic heterocycles. The van der Waals surface area contributed by atoms with Crippen LogP contribution in [-0.2, 0) is 11.3 Å². The Hall–Kier alpha value is -2.88. The number of hydrogen-bond donors (Lipinski definition) is 2. The summed E-state index contributed by atoms with van der Waals surface area (Å²) in [4.78, 5) is 14.9. The standard InChI is InChI=1S/C25H34ClN3O6/c1-31-21-14-20(27)19(26)13-18(21)25(30)28-7-10-29-8-5-17(6-9-29)35-15-16-11-22(32-2)24(34-4)23(12-16)33-3/h11-14,17H,5-10,15,27H2,1-4H3,(H,28,30). The molecule has 1 fully saturated rings. The predicted octanol–water partition coefficient (Wildman–Crippen LogP) is 3.37. The van der Waals surface area contributed by atoms with Crippen LogP contribution in [0, 0.1) is 0 Å². The van der Waals surface area contributed by atoms with Crippen LogP contribution in [0.5, 0.6) is 23.0 Å². The first kappa shape index (κ1) is 26.7. The van der Waals surface area contributed by atoms with E-state index in [0.717, 1.165) is 38.0 Å². The van der Waals surface area contributed by atoms with Crippen LogP contribution in [0.3, 0.4) is 0 Å². The van der Waals surface area contributed by atoms with Gasteiger partial charge in [0.1, 0.15) is 5.75 Å². The number of carbonyl (C=O) groups excluding carboxylic acids is 1. The highest BCUT2D eigenvalue weighted by Gasteiger charge is 2.21. The van der Waals surface area contributed by atoms with Gasteiger partial charge in [-0.3, -0.25) is 4.79 Å². The minimum atomic E-state index is -0.243. The minimum Gasteiger partial charge on any atom is -0.496 e. The molecule has 35 heavy (non-hydrogen) atoms. The smallest absolute Gasteiger partial charge is 0.255 e. The van der Waals surface area contributed by atoms with Crippen LogP contribution in [0.4, 0.5) is 5.69 Å². The first-order chi connectivity index (χ1) is 16.9. The summed E-state index contributed by atoms with van der Waals surface area (Å²) in [6.07, 6.45) is 2.00. The molecule has 1 aliphatic heterocycles. The van der Waals surface area contributed by atoms with Gasteiger partial charge in [0.15, 0.2) is 11.5 Å². The first-order valence-electron chi connectivity index (χ1n) is 11.4. The number of amides is 1. The molecular weight excluding hydrogens is 474 g/mol. The summed E-state index contributed by atoms with van der Waals surface area (Å²) < 4.78 is 27.6. The number of halogens is 1. The molecular formula is C25H34ClN3O6. The lowest BCUT2D eigenvalue weighted by Gasteiger charge is -2.32. The van der Waals surface area contributed by atoms with Gasteiger partial charge >= 0.3 is 0 Å². The van der Waals surface area contributed by atoms with E-state index in [1.807, 2.05) is 12.1 Å². The second-order valence-electron chi connectivity index (χ2n) is 8.22. The molecule has 10 heteroatoms. The summed E-state index contributed by atoms with van der Waals surface area (Å²) >= 11 is 6.07. The Kier molecular flexibility index (Phi) is 9.71. The van der Waals surface area contributed by atoms with Crippen molar-refractivity contribution < 1.29 is 28.5 Å². The summed E-state index contributed by atoms with van der Waals surface area (Å²) in [7, 11) is 6.27. The number of nitrogens with zero attached hydrogens (tertiary/aromatic N) is 1. The summed E-state index contributed by atoms with van der Waals surface area (Å²) in [5.74, 6) is 1.95. The van der Waals surface area contributed by atoms with Crippen molar-refractivity contribution in [3.63, 3.8) is 0 Å². The fraction of sp³-hybridized carbons (Fsp3) is 0.480. The van der Waals surface area contributed by atoms with Crippen molar-refractivity contribution in [2.75, 3.05) is 60.4 Å². The Labute approximate surface area is 211 Å². The molecule has 0 saturated carbocycles. The molecule has 2 aromatic carbocycles. The molecule has 192 valence electrons. The van der Waals surface area contributed by atoms with Crippen molar-refractivity contribution in [3.05, 3.63) is 40.4 Å². The molecule has 1 saturated heterocycles. The quantitative estimate of drug-likeness (QED) is 0.446. The van der Waals surface area contributed by atoms with Crippen LogP contribution in [0.1, 0.15) is 28.8 Å². The summed E-state index contributed by atoms with van der Waals surface area (Å²) in [5.41, 5.74) is 7.49. The maximum atomic E-state index is 12.6. The minimum absolute atomic E-state index is 0.168. The highest BCUT2D eigenvalue weighted by Crippen LogP contribution is 2.38. The van der Waals surface area contributed by atoms with E-state index in [4.69, 9.17) is 41.0 Å². The van der Waals surface area contributed by atoms with Gasteiger partial charge in [-0.2, -0.15) is 0 Å². The molecule has 0 radical (unpaired) electrons. The lowest BCUT2D eigenvalue weighted by atomic mass is 10.1. The van der Waals surface area contributed by atoms with Crippen LogP contribution >= 0.6 is 11.6 Å². The maximum absolute atomic E-state index is 12.6. The Morgan fingerprint density at radius 1 is 1.00 bits per heavy atom. The number of carbonyl (C=O) groups is 1. The number of likely N-dealkylation sites (tertiary alicyclic amines) is 1. The third-order valence-corrected chi connectivity index (χ3v) is 6.35. The zero-order chi connectivity index (χ0) is 25.4. The second-order valence-corrected chi connectivity index (χ2v) is 8.62. The molecule has 0 unspecified atom stereocenters. The number of rotatable bonds is 11. The molecule has 1 aliphatic rings. The van der Waals surface area contributed by atoms with E-state index in [2.05, 4.69) is 10.2 Å². The van der Waals surface area contributed by atoms with E-state index >= 15 is 0 Å². The van der Waals surface area contributed by atoms with Crippen molar-refractivity contribution in [1.82, 2.24) is 10.2 Å². The zero-order valence-corrected chi connectivity index (χ0v) is 21.4. The van der Waals surface area contributed by atoms with E-state index in [1.165, 1.54) is 13.2 Å². The average Bonchev–Trinajstić information content (AvgIpc) is 2.88. The first-order valence-corrected chi connectivity index (χ1v) is 11.8. The Morgan fingerprint density at radius 3 is 2.20 bits per heavy atom. The van der Waals surface area contributed by atoms with E-state index in [9.17, 15) is 4.79 Å². The number of methoxy groups -OCH3 is 4. The molecule has 0 spiro atoms. The third-order valence-electron chi connectivity index (χ3n) is 6.02. The van der Waals surface area contributed by atoms with Crippen LogP contribution in [0.25, 0.3) is 0 Å². The van der Waals surface area contributed by atoms with Crippen molar-refractivity contribution in [2.24, 2.45) is 0 Å². The van der Waals surface area contributed by atoms with Gasteiger partial charge in [0, 0.05) is 32.2 Å². The monoisotopic (exact) mass is 507 g/mol. The van der Waals surface area contributed by atoms with E-state index < -0.39 is 0 Å². The highest BCUT2D eigenvalue weighted by molar-refractivity contribution is 6.33. The lowest BCUT2D eigenvalue weighted by molar-refractivity contribution is -0.00228. The van der Waals surface area contributed by atoms with Crippen molar-refractivity contribution >= 4 is 23.2 Å². The Morgan fingerprint density at radius 2 is 1.63 bits per heavy atom. The fourth-order valence-electron chi connectivity index (χ4n) is 4.07. The molecule has 0 bridgehead atoms. The molecule has 1 amide bonds. The molecule has 1 heterocycles. The van der Waals surface area contributed by atoms with Crippen molar-refractivity contribution in [1.29, 1.82) is 0 Å². The van der Waals surface area contributed by atoms with E-state index in [-0.39, 0.29) is 12.0 Å². The van der Waals surface area contributed by atoms with Gasteiger partial charge < -0.3 is 39.6 Å². The van der Waals surface area contributed by atoms with Gasteiger partial charge in [0.05, 0.1) is 57.4 Å². The Bertz CT molecular complexity index is 986. The summed E-state index contributed by atoms with van der Waals surface area (Å²) in [5, 5.41) is 3.25. The number of ether oxygens (including phenoxy) is 5. The molecule has 0 atom stereocenters. The van der Waals surface area contributed by atoms with Gasteiger partial charge in [-0.1, -0.05) is 11.6 Å². The Balaban J connectivity index is 1.43. The van der Waals surface area contributed by atoms with Crippen LogP contribution < -0.4 is 30.0 Å². The van der Waals surface area contributed by atoms with E-state index in [0.29, 0.717) is 52.4 Å². The second kappa shape index (κ2) is 12.7. The van der Waals surface area contributed by atoms with Gasteiger partial charge in [-0.15, -0.1) is 0 Å². The largest absolute Gasteiger partial charge is 0.496 e. The molecule has 2 aromatic rings. The highest BCUT2D eigenvalue weighted by atomic mass is 35.5. The molecule has 9 nitrogen and oxygen atoms in total. The number of nitrogen functional groups attached to an aromatic ring is 1. The van der Waals surface area contributed by atoms with Gasteiger partial charge in [0.25, 0.3) is 5.91 Å². The van der Waals surface area contributed by atoms with Gasteiger partial charge in [-0.05, 0) is 36.6 Å². The lowest BCUT2D eigenvalue weighted by Crippen LogP contribution is -2.41. The average molecular weight is 508 g/mol. The van der Waals surface area contributed by atoms with Crippen LogP contribution in [0.15, 0.2) is 24.3 Å². The number of hydrogen-bond acceptors (Lipinski definition) is 8. The number of anilines is 1. The number of nitrogens with one attached hydrogen (secondary N) is 1. The topological polar surface area (TPSA) is 105 Å². The maximum Gasteiger partial charge on any atom is 0.255 e. The number of nitrogens with two attached hydrogens (primary N) is 1. The predicted molar refractivity (Wildman–Crippen MR) is 135 cm³/mol. The molecule has 3 rings (SSSR count). The normalized spacial score (nSPS) is 14.4. The van der Waals surface area contributed by atoms with Crippen molar-refractivity contribution in [2.45, 2.75) is 25.6 Å². The number of piperidine rings is 1. The van der Waals surface area contributed by atoms with Crippen LogP contribution in [-0.4, -0.2) is 71.5 Å². The number of benzene rings is 2. The van der Waals surface area contributed by atoms with Gasteiger partial charge in [-0.25, -0.2) is 0 Å².